The standard InChI is InChI=1S/C15H19NO3/c1-10(2)8-15(18)16-7-6-14(17)12-5-4-11(19-3)9-13(12)16/h4-5,9-10H,6-8H2,1-3H3. The fraction of sp³-hybridized carbons (Fsp3) is 0.467. The van der Waals surface area contributed by atoms with Gasteiger partial charge in [0.15, 0.2) is 5.78 Å². The van der Waals surface area contributed by atoms with Gasteiger partial charge in [-0.1, -0.05) is 13.8 Å². The molecule has 2 rings (SSSR count). The molecule has 0 fully saturated rings. The first-order chi connectivity index (χ1) is 9.02. The molecule has 1 aromatic carbocycles. The van der Waals surface area contributed by atoms with E-state index in [0.29, 0.717) is 42.3 Å². The summed E-state index contributed by atoms with van der Waals surface area (Å²) >= 11 is 0. The van der Waals surface area contributed by atoms with Crippen LogP contribution in [0.2, 0.25) is 0 Å². The maximum absolute atomic E-state index is 12.3. The van der Waals surface area contributed by atoms with E-state index in [9.17, 15) is 9.59 Å². The number of carbonyl (C=O) groups excluding carboxylic acids is 2. The molecule has 0 aromatic heterocycles. The molecule has 0 bridgehead atoms. The molecule has 1 aliphatic rings. The van der Waals surface area contributed by atoms with Gasteiger partial charge in [0.25, 0.3) is 0 Å². The number of ether oxygens (including phenoxy) is 1. The SMILES string of the molecule is COc1ccc2c(c1)N(C(=O)CC(C)C)CCC2=O. The van der Waals surface area contributed by atoms with E-state index in [1.807, 2.05) is 13.8 Å². The quantitative estimate of drug-likeness (QED) is 0.840. The number of amides is 1. The van der Waals surface area contributed by atoms with Gasteiger partial charge in [0.1, 0.15) is 5.75 Å². The number of hydrogen-bond acceptors (Lipinski definition) is 3. The number of methoxy groups -OCH3 is 1. The highest BCUT2D eigenvalue weighted by molar-refractivity contribution is 6.09. The second-order valence-corrected chi connectivity index (χ2v) is 5.20. The lowest BCUT2D eigenvalue weighted by Gasteiger charge is -2.29. The van der Waals surface area contributed by atoms with E-state index in [-0.39, 0.29) is 11.7 Å². The number of fused-ring (bicyclic) bond motifs is 1. The van der Waals surface area contributed by atoms with Gasteiger partial charge in [0.2, 0.25) is 5.91 Å². The molecule has 0 spiro atoms. The minimum Gasteiger partial charge on any atom is -0.497 e. The van der Waals surface area contributed by atoms with Crippen LogP contribution in [-0.4, -0.2) is 25.3 Å². The highest BCUT2D eigenvalue weighted by atomic mass is 16.5. The van der Waals surface area contributed by atoms with Crippen LogP contribution < -0.4 is 9.64 Å². The molecule has 0 radical (unpaired) electrons. The van der Waals surface area contributed by atoms with Crippen LogP contribution in [0.15, 0.2) is 18.2 Å². The third kappa shape index (κ3) is 2.78. The number of anilines is 1. The molecule has 0 unspecified atom stereocenters. The summed E-state index contributed by atoms with van der Waals surface area (Å²) < 4.78 is 5.18. The lowest BCUT2D eigenvalue weighted by molar-refractivity contribution is -0.119. The molecule has 1 heterocycles. The van der Waals surface area contributed by atoms with Gasteiger partial charge in [-0.25, -0.2) is 0 Å². The van der Waals surface area contributed by atoms with E-state index in [4.69, 9.17) is 4.74 Å². The number of Topliss-reactive ketones (excluding diaryl/α,β-unsaturated/α-hetero) is 1. The summed E-state index contributed by atoms with van der Waals surface area (Å²) in [5.41, 5.74) is 1.30. The van der Waals surface area contributed by atoms with Crippen LogP contribution in [0.1, 0.15) is 37.0 Å². The van der Waals surface area contributed by atoms with Crippen molar-refractivity contribution in [1.82, 2.24) is 0 Å². The lowest BCUT2D eigenvalue weighted by atomic mass is 9.99. The van der Waals surface area contributed by atoms with Crippen LogP contribution >= 0.6 is 0 Å². The van der Waals surface area contributed by atoms with Gasteiger partial charge in [0.05, 0.1) is 12.8 Å². The summed E-state index contributed by atoms with van der Waals surface area (Å²) in [5.74, 6) is 1.12. The Morgan fingerprint density at radius 3 is 2.79 bits per heavy atom. The molecule has 1 amide bonds. The Bertz CT molecular complexity index is 508. The third-order valence-electron chi connectivity index (χ3n) is 3.24. The van der Waals surface area contributed by atoms with E-state index in [1.165, 1.54) is 0 Å². The minimum absolute atomic E-state index is 0.0667. The van der Waals surface area contributed by atoms with Crippen molar-refractivity contribution in [2.45, 2.75) is 26.7 Å². The summed E-state index contributed by atoms with van der Waals surface area (Å²) in [7, 11) is 1.58. The molecule has 0 N–H and O–H groups in total. The molecule has 4 nitrogen and oxygen atoms in total. The molecule has 1 aliphatic heterocycles. The van der Waals surface area contributed by atoms with Crippen LogP contribution in [0.4, 0.5) is 5.69 Å². The molecule has 0 saturated heterocycles. The Kier molecular flexibility index (Phi) is 3.88. The van der Waals surface area contributed by atoms with Crippen LogP contribution in [0.5, 0.6) is 5.75 Å². The summed E-state index contributed by atoms with van der Waals surface area (Å²) in [6.45, 7) is 4.49. The maximum Gasteiger partial charge on any atom is 0.227 e. The summed E-state index contributed by atoms with van der Waals surface area (Å²) in [5, 5.41) is 0. The van der Waals surface area contributed by atoms with Crippen LogP contribution in [0.3, 0.4) is 0 Å². The molecule has 0 saturated carbocycles. The molecule has 1 aromatic rings. The van der Waals surface area contributed by atoms with Crippen molar-refractivity contribution in [3.8, 4) is 5.75 Å². The molecule has 102 valence electrons. The summed E-state index contributed by atoms with van der Waals surface area (Å²) in [4.78, 5) is 25.9. The first-order valence-electron chi connectivity index (χ1n) is 6.54. The number of nitrogens with zero attached hydrogens (tertiary/aromatic N) is 1. The van der Waals surface area contributed by atoms with Gasteiger partial charge in [-0.05, 0) is 18.1 Å². The number of ketones is 1. The van der Waals surface area contributed by atoms with Gasteiger partial charge in [-0.3, -0.25) is 9.59 Å². The number of rotatable bonds is 3. The highest BCUT2D eigenvalue weighted by Gasteiger charge is 2.27. The van der Waals surface area contributed by atoms with Crippen molar-refractivity contribution in [2.75, 3.05) is 18.6 Å². The van der Waals surface area contributed by atoms with Gasteiger partial charge < -0.3 is 9.64 Å². The monoisotopic (exact) mass is 261 g/mol. The Balaban J connectivity index is 2.37. The topological polar surface area (TPSA) is 46.6 Å². The number of hydrogen-bond donors (Lipinski definition) is 0. The zero-order chi connectivity index (χ0) is 14.0. The Labute approximate surface area is 113 Å². The van der Waals surface area contributed by atoms with Gasteiger partial charge in [-0.15, -0.1) is 0 Å². The smallest absolute Gasteiger partial charge is 0.227 e. The fourth-order valence-electron chi connectivity index (χ4n) is 2.28. The van der Waals surface area contributed by atoms with Gasteiger partial charge >= 0.3 is 0 Å². The second-order valence-electron chi connectivity index (χ2n) is 5.20. The predicted octanol–water partition coefficient (Wildman–Crippen LogP) is 2.66. The van der Waals surface area contributed by atoms with E-state index in [0.717, 1.165) is 0 Å². The van der Waals surface area contributed by atoms with E-state index in [2.05, 4.69) is 0 Å². The van der Waals surface area contributed by atoms with Crippen molar-refractivity contribution >= 4 is 17.4 Å². The van der Waals surface area contributed by atoms with Crippen molar-refractivity contribution in [1.29, 1.82) is 0 Å². The molecular weight excluding hydrogens is 242 g/mol. The zero-order valence-corrected chi connectivity index (χ0v) is 11.6. The van der Waals surface area contributed by atoms with Crippen molar-refractivity contribution in [3.63, 3.8) is 0 Å². The molecule has 4 heteroatoms. The molecule has 19 heavy (non-hydrogen) atoms. The summed E-state index contributed by atoms with van der Waals surface area (Å²) in [6, 6.07) is 5.27. The zero-order valence-electron chi connectivity index (χ0n) is 11.6. The van der Waals surface area contributed by atoms with E-state index in [1.54, 1.807) is 30.2 Å². The number of benzene rings is 1. The van der Waals surface area contributed by atoms with E-state index < -0.39 is 0 Å². The minimum atomic E-state index is 0.0667. The van der Waals surface area contributed by atoms with Crippen molar-refractivity contribution in [2.24, 2.45) is 5.92 Å². The fourth-order valence-corrected chi connectivity index (χ4v) is 2.28. The van der Waals surface area contributed by atoms with Crippen molar-refractivity contribution < 1.29 is 14.3 Å². The average Bonchev–Trinajstić information content (AvgIpc) is 2.37. The number of carbonyl (C=O) groups is 2. The molecule has 0 aliphatic carbocycles. The lowest BCUT2D eigenvalue weighted by Crippen LogP contribution is -2.37. The average molecular weight is 261 g/mol. The maximum atomic E-state index is 12.3. The van der Waals surface area contributed by atoms with Crippen molar-refractivity contribution in [3.05, 3.63) is 23.8 Å². The first-order valence-corrected chi connectivity index (χ1v) is 6.54. The highest BCUT2D eigenvalue weighted by Crippen LogP contribution is 2.31. The Morgan fingerprint density at radius 1 is 1.42 bits per heavy atom. The van der Waals surface area contributed by atoms with Crippen LogP contribution in [0.25, 0.3) is 0 Å². The second kappa shape index (κ2) is 5.43. The Hall–Kier alpha value is -1.84. The van der Waals surface area contributed by atoms with Gasteiger partial charge in [0, 0.05) is 31.0 Å². The van der Waals surface area contributed by atoms with E-state index >= 15 is 0 Å². The molecular formula is C15H19NO3. The Morgan fingerprint density at radius 2 is 2.16 bits per heavy atom. The summed E-state index contributed by atoms with van der Waals surface area (Å²) in [6.07, 6.45) is 0.883. The van der Waals surface area contributed by atoms with Crippen LogP contribution in [-0.2, 0) is 4.79 Å². The molecule has 0 atom stereocenters. The third-order valence-corrected chi connectivity index (χ3v) is 3.24. The van der Waals surface area contributed by atoms with Gasteiger partial charge in [-0.2, -0.15) is 0 Å². The predicted molar refractivity (Wildman–Crippen MR) is 73.7 cm³/mol. The largest absolute Gasteiger partial charge is 0.497 e. The normalized spacial score (nSPS) is 14.5. The van der Waals surface area contributed by atoms with Crippen LogP contribution in [0, 0.1) is 5.92 Å². The first kappa shape index (κ1) is 13.6.